The van der Waals surface area contributed by atoms with Crippen molar-refractivity contribution < 1.29 is 5.11 Å². The number of hydrogen-bond acceptors (Lipinski definition) is 2. The maximum absolute atomic E-state index is 10.3. The van der Waals surface area contributed by atoms with Crippen LogP contribution in [0.15, 0.2) is 41.4 Å². The zero-order valence-electron chi connectivity index (χ0n) is 13.4. The van der Waals surface area contributed by atoms with Crippen molar-refractivity contribution in [3.05, 3.63) is 42.0 Å². The van der Waals surface area contributed by atoms with E-state index in [1.165, 1.54) is 38.5 Å². The lowest BCUT2D eigenvalue weighted by atomic mass is 9.53. The van der Waals surface area contributed by atoms with Gasteiger partial charge in [-0.1, -0.05) is 30.3 Å². The largest absolute Gasteiger partial charge is 0.507 e. The van der Waals surface area contributed by atoms with Crippen molar-refractivity contribution in [3.63, 3.8) is 0 Å². The van der Waals surface area contributed by atoms with Crippen molar-refractivity contribution in [1.82, 2.24) is 0 Å². The van der Waals surface area contributed by atoms with Gasteiger partial charge in [0.15, 0.2) is 0 Å². The molecular weight excluding hydrogens is 282 g/mol. The molecule has 4 fully saturated rings. The van der Waals surface area contributed by atoms with Gasteiger partial charge < -0.3 is 5.11 Å². The average Bonchev–Trinajstić information content (AvgIpc) is 2.52. The molecule has 23 heavy (non-hydrogen) atoms. The second kappa shape index (κ2) is 4.83. The third-order valence-electron chi connectivity index (χ3n) is 6.42. The first-order valence-corrected chi connectivity index (χ1v) is 8.97. The van der Waals surface area contributed by atoms with Crippen molar-refractivity contribution >= 4 is 17.0 Å². The monoisotopic (exact) mass is 305 g/mol. The molecule has 4 aliphatic carbocycles. The number of hydrogen-bond donors (Lipinski definition) is 1. The summed E-state index contributed by atoms with van der Waals surface area (Å²) in [5.74, 6) is 3.05. The lowest BCUT2D eigenvalue weighted by Crippen LogP contribution is -2.49. The van der Waals surface area contributed by atoms with Gasteiger partial charge in [-0.2, -0.15) is 0 Å². The Kier molecular flexibility index (Phi) is 2.86. The maximum atomic E-state index is 10.3. The normalized spacial score (nSPS) is 35.4. The fraction of sp³-hybridized carbons (Fsp3) is 0.476. The molecule has 0 heterocycles. The van der Waals surface area contributed by atoms with E-state index in [1.54, 1.807) is 6.07 Å². The van der Waals surface area contributed by atoms with Crippen LogP contribution in [0.2, 0.25) is 0 Å². The van der Waals surface area contributed by atoms with Crippen LogP contribution in [0, 0.1) is 17.8 Å². The highest BCUT2D eigenvalue weighted by molar-refractivity contribution is 6.02. The standard InChI is InChI=1S/C21H23NO/c23-20-6-5-17-3-1-2-4-18(17)19(20)13-22-21-10-14-7-15(11-21)9-16(8-14)12-21/h1-6,13-16,23H,7-12H2. The van der Waals surface area contributed by atoms with E-state index in [9.17, 15) is 5.11 Å². The lowest BCUT2D eigenvalue weighted by Gasteiger charge is -2.55. The van der Waals surface area contributed by atoms with Gasteiger partial charge in [-0.15, -0.1) is 0 Å². The molecule has 0 aromatic heterocycles. The molecule has 6 rings (SSSR count). The third kappa shape index (κ3) is 2.19. The first kappa shape index (κ1) is 13.6. The Morgan fingerprint density at radius 1 is 0.913 bits per heavy atom. The van der Waals surface area contributed by atoms with Gasteiger partial charge in [0, 0.05) is 11.8 Å². The van der Waals surface area contributed by atoms with E-state index >= 15 is 0 Å². The second-order valence-electron chi connectivity index (χ2n) is 8.12. The molecule has 0 amide bonds. The molecule has 0 saturated heterocycles. The summed E-state index contributed by atoms with van der Waals surface area (Å²) in [4.78, 5) is 5.11. The molecule has 0 atom stereocenters. The Bertz CT molecular complexity index is 756. The van der Waals surface area contributed by atoms with Crippen molar-refractivity contribution in [2.75, 3.05) is 0 Å². The Hall–Kier alpha value is -1.83. The molecule has 4 saturated carbocycles. The SMILES string of the molecule is Oc1ccc2ccccc2c1C=NC12CC3CC(CC(C3)C1)C2. The summed E-state index contributed by atoms with van der Waals surface area (Å²) in [6, 6.07) is 12.0. The zero-order valence-corrected chi connectivity index (χ0v) is 13.4. The molecule has 4 aliphatic rings. The number of aromatic hydroxyl groups is 1. The molecule has 0 spiro atoms. The van der Waals surface area contributed by atoms with E-state index in [0.29, 0.717) is 5.75 Å². The highest BCUT2D eigenvalue weighted by Crippen LogP contribution is 2.57. The molecule has 1 N–H and O–H groups in total. The number of nitrogens with zero attached hydrogens (tertiary/aromatic N) is 1. The van der Waals surface area contributed by atoms with Crippen LogP contribution in [0.5, 0.6) is 5.75 Å². The smallest absolute Gasteiger partial charge is 0.124 e. The number of fused-ring (bicyclic) bond motifs is 1. The number of benzene rings is 2. The minimum atomic E-state index is 0.165. The molecule has 0 radical (unpaired) electrons. The molecule has 0 unspecified atom stereocenters. The number of phenols is 1. The predicted molar refractivity (Wildman–Crippen MR) is 94.1 cm³/mol. The molecule has 118 valence electrons. The summed E-state index contributed by atoms with van der Waals surface area (Å²) >= 11 is 0. The Morgan fingerprint density at radius 3 is 2.26 bits per heavy atom. The number of aliphatic imine (C=N–C) groups is 1. The highest BCUT2D eigenvalue weighted by atomic mass is 16.3. The van der Waals surface area contributed by atoms with Crippen LogP contribution in [0.1, 0.15) is 44.1 Å². The van der Waals surface area contributed by atoms with Crippen molar-refractivity contribution in [2.45, 2.75) is 44.1 Å². The van der Waals surface area contributed by atoms with Crippen molar-refractivity contribution in [3.8, 4) is 5.75 Å². The van der Waals surface area contributed by atoms with E-state index in [1.807, 2.05) is 24.4 Å². The van der Waals surface area contributed by atoms with E-state index < -0.39 is 0 Å². The van der Waals surface area contributed by atoms with Crippen LogP contribution in [0.3, 0.4) is 0 Å². The molecule has 2 nitrogen and oxygen atoms in total. The second-order valence-corrected chi connectivity index (χ2v) is 8.12. The van der Waals surface area contributed by atoms with Crippen LogP contribution >= 0.6 is 0 Å². The van der Waals surface area contributed by atoms with Crippen LogP contribution in [0.4, 0.5) is 0 Å². The zero-order chi connectivity index (χ0) is 15.4. The van der Waals surface area contributed by atoms with Crippen LogP contribution in [-0.4, -0.2) is 16.9 Å². The van der Waals surface area contributed by atoms with Crippen LogP contribution < -0.4 is 0 Å². The fourth-order valence-corrected chi connectivity index (χ4v) is 5.84. The average molecular weight is 305 g/mol. The Labute approximate surface area is 137 Å². The third-order valence-corrected chi connectivity index (χ3v) is 6.42. The first-order valence-electron chi connectivity index (χ1n) is 8.97. The van der Waals surface area contributed by atoms with Gasteiger partial charge in [0.05, 0.1) is 5.54 Å². The number of rotatable bonds is 2. The summed E-state index contributed by atoms with van der Waals surface area (Å²) in [7, 11) is 0. The number of phenolic OH excluding ortho intramolecular Hbond substituents is 1. The predicted octanol–water partition coefficient (Wildman–Crippen LogP) is 4.93. The molecular formula is C21H23NO. The molecule has 2 aromatic rings. The van der Waals surface area contributed by atoms with Gasteiger partial charge in [0.25, 0.3) is 0 Å². The molecule has 2 heteroatoms. The summed E-state index contributed by atoms with van der Waals surface area (Å²) in [6.07, 6.45) is 10.1. The van der Waals surface area contributed by atoms with Crippen LogP contribution in [0.25, 0.3) is 10.8 Å². The summed E-state index contributed by atoms with van der Waals surface area (Å²) in [5.41, 5.74) is 1.05. The van der Waals surface area contributed by atoms with E-state index in [-0.39, 0.29) is 5.54 Å². The fourth-order valence-electron chi connectivity index (χ4n) is 5.84. The van der Waals surface area contributed by atoms with Crippen molar-refractivity contribution in [1.29, 1.82) is 0 Å². The van der Waals surface area contributed by atoms with Gasteiger partial charge in [-0.25, -0.2) is 0 Å². The quantitative estimate of drug-likeness (QED) is 0.784. The topological polar surface area (TPSA) is 32.6 Å². The maximum Gasteiger partial charge on any atom is 0.124 e. The summed E-state index contributed by atoms with van der Waals surface area (Å²) < 4.78 is 0. The van der Waals surface area contributed by atoms with Gasteiger partial charge in [0.2, 0.25) is 0 Å². The lowest BCUT2D eigenvalue weighted by molar-refractivity contribution is 0.00195. The van der Waals surface area contributed by atoms with Gasteiger partial charge in [-0.3, -0.25) is 4.99 Å². The molecule has 4 bridgehead atoms. The molecule has 0 aliphatic heterocycles. The Morgan fingerprint density at radius 2 is 1.57 bits per heavy atom. The van der Waals surface area contributed by atoms with Gasteiger partial charge in [-0.05, 0) is 73.1 Å². The van der Waals surface area contributed by atoms with E-state index in [2.05, 4.69) is 12.1 Å². The summed E-state index contributed by atoms with van der Waals surface area (Å²) in [6.45, 7) is 0. The van der Waals surface area contributed by atoms with E-state index in [4.69, 9.17) is 4.99 Å². The molecule has 2 aromatic carbocycles. The summed E-state index contributed by atoms with van der Waals surface area (Å²) in [5, 5.41) is 12.6. The van der Waals surface area contributed by atoms with E-state index in [0.717, 1.165) is 34.1 Å². The van der Waals surface area contributed by atoms with Crippen LogP contribution in [-0.2, 0) is 0 Å². The Balaban J connectivity index is 1.55. The van der Waals surface area contributed by atoms with Gasteiger partial charge in [0.1, 0.15) is 5.75 Å². The first-order chi connectivity index (χ1) is 11.2. The highest BCUT2D eigenvalue weighted by Gasteiger charge is 2.50. The minimum absolute atomic E-state index is 0.165. The van der Waals surface area contributed by atoms with Crippen molar-refractivity contribution in [2.24, 2.45) is 22.7 Å². The van der Waals surface area contributed by atoms with Gasteiger partial charge >= 0.3 is 0 Å². The minimum Gasteiger partial charge on any atom is -0.507 e.